The molecule has 0 aromatic heterocycles. The summed E-state index contributed by atoms with van der Waals surface area (Å²) < 4.78 is 25.5. The Labute approximate surface area is 262 Å². The Morgan fingerprint density at radius 2 is 1.78 bits per heavy atom. The molecule has 4 aliphatic rings. The van der Waals surface area contributed by atoms with E-state index in [0.717, 1.165) is 25.7 Å². The van der Waals surface area contributed by atoms with Gasteiger partial charge in [0.25, 0.3) is 0 Å². The van der Waals surface area contributed by atoms with Crippen LogP contribution in [0.2, 0.25) is 0 Å². The summed E-state index contributed by atoms with van der Waals surface area (Å²) in [5, 5.41) is 15.5. The normalized spacial score (nSPS) is 28.9. The number of halogens is 1. The van der Waals surface area contributed by atoms with Crippen LogP contribution in [0.1, 0.15) is 89.7 Å². The van der Waals surface area contributed by atoms with Crippen LogP contribution in [0.15, 0.2) is 18.2 Å². The number of hydrogen-bond donors (Lipinski definition) is 3. The lowest BCUT2D eigenvalue weighted by atomic mass is 10.0. The molecule has 3 heterocycles. The van der Waals surface area contributed by atoms with Gasteiger partial charge in [-0.15, -0.1) is 0 Å². The van der Waals surface area contributed by atoms with E-state index in [1.54, 1.807) is 32.9 Å². The molecule has 5 atom stereocenters. The summed E-state index contributed by atoms with van der Waals surface area (Å²) in [7, 11) is 0. The van der Waals surface area contributed by atoms with Crippen LogP contribution in [0.3, 0.4) is 0 Å². The van der Waals surface area contributed by atoms with Gasteiger partial charge in [0, 0.05) is 18.5 Å². The largest absolute Gasteiger partial charge is 0.479 e. The Bertz CT molecular complexity index is 1350. The number of amides is 4. The number of nitrogens with one attached hydrogen (secondary N) is 2. The molecule has 13 heteroatoms. The first-order valence-corrected chi connectivity index (χ1v) is 15.8. The zero-order valence-corrected chi connectivity index (χ0v) is 26.1. The molecule has 0 spiro atoms. The van der Waals surface area contributed by atoms with Crippen LogP contribution >= 0.6 is 0 Å². The van der Waals surface area contributed by atoms with Gasteiger partial charge in [0.2, 0.25) is 11.8 Å². The number of carboxylic acid groups (broad SMARTS) is 1. The summed E-state index contributed by atoms with van der Waals surface area (Å²) in [6, 6.07) is 2.51. The highest BCUT2D eigenvalue weighted by molar-refractivity contribution is 5.96. The third kappa shape index (κ3) is 7.33. The third-order valence-corrected chi connectivity index (χ3v) is 9.17. The first-order valence-electron chi connectivity index (χ1n) is 15.8. The minimum absolute atomic E-state index is 0.0323. The van der Waals surface area contributed by atoms with E-state index in [-0.39, 0.29) is 32.0 Å². The maximum Gasteiger partial charge on any atom is 0.410 e. The number of nitrogens with zero attached hydrogens (tertiary/aromatic N) is 2. The zero-order valence-electron chi connectivity index (χ0n) is 26.1. The van der Waals surface area contributed by atoms with Crippen molar-refractivity contribution in [1.29, 1.82) is 0 Å². The quantitative estimate of drug-likeness (QED) is 0.455. The molecule has 0 unspecified atom stereocenters. The number of carbonyl (C=O) groups is 5. The van der Waals surface area contributed by atoms with Crippen molar-refractivity contribution in [3.05, 3.63) is 35.1 Å². The number of carbonyl (C=O) groups excluding carboxylic acids is 4. The van der Waals surface area contributed by atoms with E-state index in [4.69, 9.17) is 9.47 Å². The van der Waals surface area contributed by atoms with E-state index in [0.29, 0.717) is 36.8 Å². The SMILES string of the molecule is CC(C)(C)OC(=O)N[C@H]1CCCCCCC[C@H]2C[C@@]2(C(=O)O)NC(=O)[C@@H]2C[C@@H](OC(=O)N3Cc4cccc(F)c4C3)CN2C1=O. The molecule has 12 nitrogen and oxygen atoms in total. The summed E-state index contributed by atoms with van der Waals surface area (Å²) in [4.78, 5) is 68.7. The first kappa shape index (κ1) is 32.5. The van der Waals surface area contributed by atoms with Gasteiger partial charge in [-0.05, 0) is 57.6 Å². The highest BCUT2D eigenvalue weighted by Gasteiger charge is 2.62. The van der Waals surface area contributed by atoms with Crippen molar-refractivity contribution in [3.63, 3.8) is 0 Å². The van der Waals surface area contributed by atoms with Crippen LogP contribution in [0.25, 0.3) is 0 Å². The second-order valence-corrected chi connectivity index (χ2v) is 13.7. The smallest absolute Gasteiger partial charge is 0.410 e. The van der Waals surface area contributed by atoms with Crippen LogP contribution in [-0.2, 0) is 36.9 Å². The van der Waals surface area contributed by atoms with E-state index in [2.05, 4.69) is 10.6 Å². The van der Waals surface area contributed by atoms with Gasteiger partial charge in [-0.2, -0.15) is 0 Å². The fourth-order valence-electron chi connectivity index (χ4n) is 6.73. The Hall–Kier alpha value is -3.90. The van der Waals surface area contributed by atoms with E-state index in [9.17, 15) is 33.5 Å². The van der Waals surface area contributed by atoms with Crippen LogP contribution in [0, 0.1) is 11.7 Å². The lowest BCUT2D eigenvalue weighted by Crippen LogP contribution is -2.56. The van der Waals surface area contributed by atoms with E-state index in [1.165, 1.54) is 15.9 Å². The molecule has 3 fully saturated rings. The molecule has 1 aromatic rings. The van der Waals surface area contributed by atoms with Gasteiger partial charge in [-0.1, -0.05) is 44.2 Å². The molecular formula is C32H43FN4O8. The van der Waals surface area contributed by atoms with Crippen molar-refractivity contribution in [2.45, 2.75) is 121 Å². The lowest BCUT2D eigenvalue weighted by Gasteiger charge is -2.30. The van der Waals surface area contributed by atoms with Crippen molar-refractivity contribution >= 4 is 30.0 Å². The first-order chi connectivity index (χ1) is 21.3. The number of aliphatic carboxylic acids is 1. The topological polar surface area (TPSA) is 155 Å². The monoisotopic (exact) mass is 630 g/mol. The average molecular weight is 631 g/mol. The van der Waals surface area contributed by atoms with Gasteiger partial charge >= 0.3 is 18.2 Å². The summed E-state index contributed by atoms with van der Waals surface area (Å²) in [6.07, 6.45) is 2.93. The molecule has 3 aliphatic heterocycles. The third-order valence-electron chi connectivity index (χ3n) is 9.17. The van der Waals surface area contributed by atoms with Gasteiger partial charge < -0.3 is 30.1 Å². The molecule has 3 N–H and O–H groups in total. The second kappa shape index (κ2) is 12.8. The molecule has 1 aromatic carbocycles. The molecule has 246 valence electrons. The van der Waals surface area contributed by atoms with Crippen LogP contribution in [0.5, 0.6) is 0 Å². The Balaban J connectivity index is 1.36. The molecule has 45 heavy (non-hydrogen) atoms. The van der Waals surface area contributed by atoms with Crippen LogP contribution < -0.4 is 10.6 Å². The molecular weight excluding hydrogens is 587 g/mol. The maximum atomic E-state index is 14.3. The van der Waals surface area contributed by atoms with Crippen molar-refractivity contribution in [2.75, 3.05) is 6.54 Å². The van der Waals surface area contributed by atoms with Gasteiger partial charge in [-0.3, -0.25) is 14.5 Å². The highest BCUT2D eigenvalue weighted by Crippen LogP contribution is 2.47. The average Bonchev–Trinajstić information content (AvgIpc) is 3.27. The van der Waals surface area contributed by atoms with Gasteiger partial charge in [-0.25, -0.2) is 18.8 Å². The Kier molecular flexibility index (Phi) is 9.27. The van der Waals surface area contributed by atoms with Gasteiger partial charge in [0.15, 0.2) is 0 Å². The summed E-state index contributed by atoms with van der Waals surface area (Å²) >= 11 is 0. The van der Waals surface area contributed by atoms with Crippen LogP contribution in [-0.4, -0.2) is 80.7 Å². The fraction of sp³-hybridized carbons (Fsp3) is 0.656. The van der Waals surface area contributed by atoms with Crippen LogP contribution in [0.4, 0.5) is 14.0 Å². The van der Waals surface area contributed by atoms with E-state index >= 15 is 0 Å². The number of rotatable bonds is 3. The standard InChI is InChI=1S/C32H43FN4O8/c1-31(2,3)45-29(42)34-24-13-8-6-4-5-7-11-20-15-32(20,28(40)41)35-26(38)25-14-21(17-37(25)27(24)39)44-30(43)36-16-19-10-9-12-23(33)22(19)18-36/h9-10,12,20-21,24-25H,4-8,11,13-18H2,1-3H3,(H,34,42)(H,35,38)(H,40,41)/t20-,21+,24-,25-,32+/m0/s1. The fourth-order valence-corrected chi connectivity index (χ4v) is 6.73. The number of benzene rings is 1. The molecule has 5 rings (SSSR count). The summed E-state index contributed by atoms with van der Waals surface area (Å²) in [6.45, 7) is 5.19. The van der Waals surface area contributed by atoms with Gasteiger partial charge in [0.05, 0.1) is 13.1 Å². The lowest BCUT2D eigenvalue weighted by molar-refractivity contribution is -0.146. The number of hydrogen-bond acceptors (Lipinski definition) is 7. The summed E-state index contributed by atoms with van der Waals surface area (Å²) in [5.74, 6) is -2.92. The van der Waals surface area contributed by atoms with Crippen molar-refractivity contribution in [2.24, 2.45) is 5.92 Å². The second-order valence-electron chi connectivity index (χ2n) is 13.7. The van der Waals surface area contributed by atoms with Crippen molar-refractivity contribution in [3.8, 4) is 0 Å². The summed E-state index contributed by atoms with van der Waals surface area (Å²) in [5.41, 5.74) is -1.11. The number of carboxylic acids is 1. The number of fused-ring (bicyclic) bond motifs is 3. The van der Waals surface area contributed by atoms with E-state index in [1.807, 2.05) is 0 Å². The van der Waals surface area contributed by atoms with E-state index < -0.39 is 65.1 Å². The predicted molar refractivity (Wildman–Crippen MR) is 158 cm³/mol. The molecule has 0 bridgehead atoms. The molecule has 0 radical (unpaired) electrons. The van der Waals surface area contributed by atoms with Gasteiger partial charge in [0.1, 0.15) is 35.1 Å². The Morgan fingerprint density at radius 1 is 1.07 bits per heavy atom. The predicted octanol–water partition coefficient (Wildman–Crippen LogP) is 3.84. The molecule has 2 saturated heterocycles. The number of ether oxygens (including phenoxy) is 2. The minimum Gasteiger partial charge on any atom is -0.479 e. The van der Waals surface area contributed by atoms with Crippen molar-refractivity contribution in [1.82, 2.24) is 20.4 Å². The molecule has 4 amide bonds. The number of alkyl carbamates (subject to hydrolysis) is 1. The molecule has 1 aliphatic carbocycles. The minimum atomic E-state index is -1.40. The zero-order chi connectivity index (χ0) is 32.5. The highest BCUT2D eigenvalue weighted by atomic mass is 19.1. The molecule has 1 saturated carbocycles. The Morgan fingerprint density at radius 3 is 2.47 bits per heavy atom. The van der Waals surface area contributed by atoms with Crippen molar-refractivity contribution < 1.29 is 42.9 Å². The maximum absolute atomic E-state index is 14.3.